The number of rotatable bonds is 1. The van der Waals surface area contributed by atoms with Crippen LogP contribution in [0.4, 0.5) is 0 Å². The Morgan fingerprint density at radius 2 is 2.15 bits per heavy atom. The molecule has 0 amide bonds. The van der Waals surface area contributed by atoms with Crippen molar-refractivity contribution in [3.05, 3.63) is 26.9 Å². The fraction of sp³-hybridized carbons (Fsp3) is 0.300. The summed E-state index contributed by atoms with van der Waals surface area (Å²) in [5.74, 6) is 0.516. The molecule has 0 saturated heterocycles. The van der Waals surface area contributed by atoms with Gasteiger partial charge in [0.2, 0.25) is 0 Å². The Hall–Kier alpha value is -0.160. The van der Waals surface area contributed by atoms with E-state index in [1.165, 1.54) is 18.7 Å². The van der Waals surface area contributed by atoms with Crippen LogP contribution in [0.1, 0.15) is 25.5 Å². The lowest BCUT2D eigenvalue weighted by Crippen LogP contribution is -1.89. The Bertz CT molecular complexity index is 433. The van der Waals surface area contributed by atoms with Gasteiger partial charge in [0.05, 0.1) is 7.58 Å². The van der Waals surface area contributed by atoms with Gasteiger partial charge in [0.1, 0.15) is 0 Å². The van der Waals surface area contributed by atoms with Gasteiger partial charge in [-0.2, -0.15) is 0 Å². The fourth-order valence-corrected chi connectivity index (χ4v) is 3.03. The minimum absolute atomic E-state index is 0.516. The Kier molecular flexibility index (Phi) is 2.55. The molecule has 0 spiro atoms. The van der Waals surface area contributed by atoms with E-state index in [9.17, 15) is 0 Å². The van der Waals surface area contributed by atoms with Crippen LogP contribution in [0, 0.1) is 2.88 Å². The second kappa shape index (κ2) is 3.53. The Labute approximate surface area is 95.3 Å². The highest BCUT2D eigenvalue weighted by atomic mass is 127. The average Bonchev–Trinajstić information content (AvgIpc) is 2.42. The van der Waals surface area contributed by atoms with Crippen LogP contribution in [0.25, 0.3) is 10.1 Å². The van der Waals surface area contributed by atoms with E-state index in [2.05, 4.69) is 53.6 Å². The normalized spacial score (nSPS) is 11.4. The van der Waals surface area contributed by atoms with Crippen molar-refractivity contribution in [3.8, 4) is 0 Å². The molecule has 2 aromatic heterocycles. The van der Waals surface area contributed by atoms with E-state index in [0.29, 0.717) is 5.92 Å². The average molecular weight is 303 g/mol. The van der Waals surface area contributed by atoms with Crippen molar-refractivity contribution in [2.75, 3.05) is 0 Å². The minimum atomic E-state index is 0.516. The summed E-state index contributed by atoms with van der Waals surface area (Å²) in [4.78, 5) is 4.43. The van der Waals surface area contributed by atoms with Crippen LogP contribution in [0.2, 0.25) is 0 Å². The highest BCUT2D eigenvalue weighted by molar-refractivity contribution is 14.1. The van der Waals surface area contributed by atoms with Gasteiger partial charge in [-0.25, -0.2) is 0 Å². The summed E-state index contributed by atoms with van der Waals surface area (Å²) in [5, 5.41) is 1.33. The number of fused-ring (bicyclic) bond motifs is 1. The maximum Gasteiger partial charge on any atom is 0.0666 e. The lowest BCUT2D eigenvalue weighted by atomic mass is 10.1. The fourth-order valence-electron chi connectivity index (χ4n) is 1.25. The van der Waals surface area contributed by atoms with Gasteiger partial charge >= 0.3 is 0 Å². The van der Waals surface area contributed by atoms with Gasteiger partial charge in [-0.3, -0.25) is 4.98 Å². The van der Waals surface area contributed by atoms with Gasteiger partial charge in [0.15, 0.2) is 0 Å². The van der Waals surface area contributed by atoms with Crippen LogP contribution in [0.3, 0.4) is 0 Å². The molecule has 68 valence electrons. The van der Waals surface area contributed by atoms with Crippen molar-refractivity contribution < 1.29 is 0 Å². The van der Waals surface area contributed by atoms with Crippen LogP contribution < -0.4 is 0 Å². The first kappa shape index (κ1) is 9.40. The molecule has 2 rings (SSSR count). The predicted molar refractivity (Wildman–Crippen MR) is 66.4 cm³/mol. The maximum atomic E-state index is 4.43. The number of halogens is 1. The van der Waals surface area contributed by atoms with Crippen LogP contribution >= 0.6 is 33.9 Å². The summed E-state index contributed by atoms with van der Waals surface area (Å²) in [6.45, 7) is 4.34. The molecule has 2 heterocycles. The van der Waals surface area contributed by atoms with E-state index in [0.717, 1.165) is 0 Å². The third-order valence-corrected chi connectivity index (χ3v) is 3.83. The molecule has 0 fully saturated rings. The van der Waals surface area contributed by atoms with Gasteiger partial charge in [0, 0.05) is 11.9 Å². The largest absolute Gasteiger partial charge is 0.260 e. The van der Waals surface area contributed by atoms with Crippen molar-refractivity contribution >= 4 is 44.0 Å². The summed E-state index contributed by atoms with van der Waals surface area (Å²) >= 11 is 4.15. The Balaban J connectivity index is 2.61. The third-order valence-electron chi connectivity index (χ3n) is 1.99. The lowest BCUT2D eigenvalue weighted by Gasteiger charge is -2.02. The molecule has 0 aliphatic rings. The van der Waals surface area contributed by atoms with E-state index in [1.54, 1.807) is 11.3 Å². The highest BCUT2D eigenvalue weighted by Gasteiger charge is 2.04. The first-order chi connectivity index (χ1) is 6.16. The molecule has 0 radical (unpaired) electrons. The van der Waals surface area contributed by atoms with Crippen LogP contribution in [0.15, 0.2) is 18.3 Å². The zero-order chi connectivity index (χ0) is 9.42. The molecular weight excluding hydrogens is 293 g/mol. The van der Waals surface area contributed by atoms with Crippen LogP contribution in [-0.4, -0.2) is 4.98 Å². The van der Waals surface area contributed by atoms with E-state index in [1.807, 2.05) is 6.20 Å². The second-order valence-corrected chi connectivity index (χ2v) is 6.33. The number of hydrogen-bond acceptors (Lipinski definition) is 2. The predicted octanol–water partition coefficient (Wildman–Crippen LogP) is 4.02. The first-order valence-electron chi connectivity index (χ1n) is 4.22. The molecule has 13 heavy (non-hydrogen) atoms. The van der Waals surface area contributed by atoms with Crippen molar-refractivity contribution in [1.82, 2.24) is 4.98 Å². The minimum Gasteiger partial charge on any atom is -0.260 e. The molecule has 0 aromatic carbocycles. The molecule has 0 atom stereocenters. The van der Waals surface area contributed by atoms with Crippen molar-refractivity contribution in [1.29, 1.82) is 0 Å². The van der Waals surface area contributed by atoms with Gasteiger partial charge < -0.3 is 0 Å². The van der Waals surface area contributed by atoms with Crippen molar-refractivity contribution in [2.45, 2.75) is 19.8 Å². The molecule has 0 aliphatic heterocycles. The molecule has 0 saturated carbocycles. The summed E-state index contributed by atoms with van der Waals surface area (Å²) in [5.41, 5.74) is 1.18. The molecule has 1 nitrogen and oxygen atoms in total. The lowest BCUT2D eigenvalue weighted by molar-refractivity contribution is 0.826. The van der Waals surface area contributed by atoms with E-state index >= 15 is 0 Å². The van der Waals surface area contributed by atoms with Gasteiger partial charge in [-0.15, -0.1) is 11.3 Å². The van der Waals surface area contributed by atoms with Gasteiger partial charge in [-0.05, 0) is 46.0 Å². The molecule has 0 N–H and O–H groups in total. The molecular formula is C10H10INS. The molecule has 3 heteroatoms. The van der Waals surface area contributed by atoms with Crippen molar-refractivity contribution in [3.63, 3.8) is 0 Å². The summed E-state index contributed by atoms with van der Waals surface area (Å²) in [6, 6.07) is 4.41. The first-order valence-corrected chi connectivity index (χ1v) is 6.11. The second-order valence-electron chi connectivity index (χ2n) is 3.35. The number of aromatic nitrogens is 1. The number of hydrogen-bond donors (Lipinski definition) is 0. The van der Waals surface area contributed by atoms with E-state index < -0.39 is 0 Å². The van der Waals surface area contributed by atoms with Crippen LogP contribution in [-0.2, 0) is 0 Å². The van der Waals surface area contributed by atoms with E-state index in [4.69, 9.17) is 0 Å². The number of thiophene rings is 1. The quantitative estimate of drug-likeness (QED) is 0.725. The summed E-state index contributed by atoms with van der Waals surface area (Å²) < 4.78 is 2.61. The molecule has 0 bridgehead atoms. The van der Waals surface area contributed by atoms with Gasteiger partial charge in [0.25, 0.3) is 0 Å². The topological polar surface area (TPSA) is 12.9 Å². The van der Waals surface area contributed by atoms with Crippen LogP contribution in [0.5, 0.6) is 0 Å². The van der Waals surface area contributed by atoms with E-state index in [-0.39, 0.29) is 0 Å². The molecule has 2 aromatic rings. The number of pyridine rings is 1. The molecule has 0 unspecified atom stereocenters. The standard InChI is InChI=1S/C10H10INS/c1-6(2)8-3-7-4-10(11)13-9(7)5-12-8/h3-6H,1-2H3. The van der Waals surface area contributed by atoms with Crippen molar-refractivity contribution in [2.24, 2.45) is 0 Å². The SMILES string of the molecule is CC(C)c1cc2cc(I)sc2cn1. The summed E-state index contributed by atoms with van der Waals surface area (Å²) in [6.07, 6.45) is 1.98. The summed E-state index contributed by atoms with van der Waals surface area (Å²) in [7, 11) is 0. The Morgan fingerprint density at radius 3 is 2.85 bits per heavy atom. The monoisotopic (exact) mass is 303 g/mol. The molecule has 0 aliphatic carbocycles. The zero-order valence-electron chi connectivity index (χ0n) is 7.54. The maximum absolute atomic E-state index is 4.43. The zero-order valence-corrected chi connectivity index (χ0v) is 10.5. The van der Waals surface area contributed by atoms with Gasteiger partial charge in [-0.1, -0.05) is 13.8 Å². The third kappa shape index (κ3) is 1.86. The Morgan fingerprint density at radius 1 is 1.38 bits per heavy atom. The number of nitrogens with zero attached hydrogens (tertiary/aromatic N) is 1. The smallest absolute Gasteiger partial charge is 0.0666 e. The highest BCUT2D eigenvalue weighted by Crippen LogP contribution is 2.27.